The maximum absolute atomic E-state index is 13.1. The molecule has 2 N–H and O–H groups in total. The van der Waals surface area contributed by atoms with E-state index in [9.17, 15) is 14.4 Å². The first kappa shape index (κ1) is 21.4. The minimum Gasteiger partial charge on any atom is -0.479 e. The molecule has 3 heterocycles. The van der Waals surface area contributed by atoms with Gasteiger partial charge in [-0.15, -0.1) is 0 Å². The van der Waals surface area contributed by atoms with Gasteiger partial charge in [0.15, 0.2) is 11.9 Å². The highest BCUT2D eigenvalue weighted by atomic mass is 16.5. The topological polar surface area (TPSA) is 101 Å². The van der Waals surface area contributed by atoms with Crippen LogP contribution in [0.2, 0.25) is 0 Å². The number of aromatic nitrogens is 1. The average Bonchev–Trinajstić information content (AvgIpc) is 2.84. The number of urea groups is 1. The molecular weight excluding hydrogens is 420 g/mol. The lowest BCUT2D eigenvalue weighted by Crippen LogP contribution is -2.42. The van der Waals surface area contributed by atoms with Gasteiger partial charge < -0.3 is 15.0 Å². The number of anilines is 2. The van der Waals surface area contributed by atoms with Crippen LogP contribution in [0.4, 0.5) is 16.3 Å². The Balaban J connectivity index is 1.18. The van der Waals surface area contributed by atoms with Crippen LogP contribution in [-0.4, -0.2) is 46.8 Å². The predicted molar refractivity (Wildman–Crippen MR) is 124 cm³/mol. The lowest BCUT2D eigenvalue weighted by atomic mass is 9.88. The molecule has 8 nitrogen and oxygen atoms in total. The molecule has 33 heavy (non-hydrogen) atoms. The maximum atomic E-state index is 13.1. The molecule has 2 aliphatic heterocycles. The Morgan fingerprint density at radius 3 is 2.67 bits per heavy atom. The Kier molecular flexibility index (Phi) is 5.74. The lowest BCUT2D eigenvalue weighted by molar-refractivity contribution is -0.122. The highest BCUT2D eigenvalue weighted by molar-refractivity contribution is 6.02. The normalized spacial score (nSPS) is 20.2. The largest absolute Gasteiger partial charge is 0.479 e. The van der Waals surface area contributed by atoms with Gasteiger partial charge in [0.05, 0.1) is 5.69 Å². The van der Waals surface area contributed by atoms with Gasteiger partial charge in [0.2, 0.25) is 0 Å². The third-order valence-corrected chi connectivity index (χ3v) is 6.81. The lowest BCUT2D eigenvalue weighted by Gasteiger charge is -2.31. The Bertz CT molecular complexity index is 1110. The van der Waals surface area contributed by atoms with Gasteiger partial charge in [0, 0.05) is 30.8 Å². The molecular formula is C25H28N4O4. The van der Waals surface area contributed by atoms with Crippen LogP contribution in [0.3, 0.4) is 0 Å². The van der Waals surface area contributed by atoms with Crippen molar-refractivity contribution in [1.29, 1.82) is 0 Å². The predicted octanol–water partition coefficient (Wildman–Crippen LogP) is 3.81. The number of hydrogen-bond donors (Lipinski definition) is 2. The Hall–Kier alpha value is -3.42. The van der Waals surface area contributed by atoms with E-state index in [4.69, 9.17) is 4.74 Å². The first-order chi connectivity index (χ1) is 16.0. The minimum atomic E-state index is -0.550. The molecule has 1 aromatic heterocycles. The third kappa shape index (κ3) is 4.42. The van der Waals surface area contributed by atoms with Crippen LogP contribution in [0.1, 0.15) is 54.1 Å². The number of benzene rings is 1. The van der Waals surface area contributed by atoms with Gasteiger partial charge in [-0.05, 0) is 80.8 Å². The molecule has 1 atom stereocenters. The van der Waals surface area contributed by atoms with E-state index in [1.54, 1.807) is 30.0 Å². The van der Waals surface area contributed by atoms with Crippen molar-refractivity contribution in [3.8, 4) is 5.75 Å². The van der Waals surface area contributed by atoms with Crippen LogP contribution in [0.25, 0.3) is 0 Å². The Morgan fingerprint density at radius 1 is 1.12 bits per heavy atom. The molecule has 1 aliphatic carbocycles. The van der Waals surface area contributed by atoms with E-state index < -0.39 is 6.10 Å². The molecule has 1 aromatic carbocycles. The molecule has 0 bridgehead atoms. The quantitative estimate of drug-likeness (QED) is 0.696. The molecule has 0 radical (unpaired) electrons. The van der Waals surface area contributed by atoms with Gasteiger partial charge in [-0.1, -0.05) is 0 Å². The van der Waals surface area contributed by atoms with E-state index >= 15 is 0 Å². The van der Waals surface area contributed by atoms with E-state index in [-0.39, 0.29) is 23.6 Å². The van der Waals surface area contributed by atoms with Crippen molar-refractivity contribution >= 4 is 29.2 Å². The number of piperidine rings is 1. The number of aryl methyl sites for hydroxylation is 2. The zero-order valence-electron chi connectivity index (χ0n) is 18.7. The standard InChI is InChI=1S/C25H28N4O4/c1-15-24(31)27-20-12-18(6-7-21(20)33-15)23(30)16-8-10-29(11-9-16)25(32)28-22-13-17-4-2-3-5-19(17)14-26-22/h6-7,12-16H,2-5,8-11H2,1H3,(H,27,31)(H,26,28,32). The monoisotopic (exact) mass is 448 g/mol. The fraction of sp³-hybridized carbons (Fsp3) is 0.440. The second-order valence-electron chi connectivity index (χ2n) is 9.06. The average molecular weight is 449 g/mol. The number of amides is 3. The smallest absolute Gasteiger partial charge is 0.323 e. The van der Waals surface area contributed by atoms with Crippen molar-refractivity contribution in [2.24, 2.45) is 5.92 Å². The van der Waals surface area contributed by atoms with Crippen molar-refractivity contribution in [3.05, 3.63) is 47.2 Å². The first-order valence-corrected chi connectivity index (χ1v) is 11.7. The van der Waals surface area contributed by atoms with E-state index in [2.05, 4.69) is 15.6 Å². The third-order valence-electron chi connectivity index (χ3n) is 6.81. The number of carbonyl (C=O) groups excluding carboxylic acids is 3. The number of carbonyl (C=O) groups is 3. The molecule has 0 spiro atoms. The fourth-order valence-corrected chi connectivity index (χ4v) is 4.81. The van der Waals surface area contributed by atoms with Gasteiger partial charge >= 0.3 is 6.03 Å². The Labute approximate surface area is 192 Å². The van der Waals surface area contributed by atoms with Crippen LogP contribution >= 0.6 is 0 Å². The van der Waals surface area contributed by atoms with Crippen molar-refractivity contribution in [2.45, 2.75) is 51.6 Å². The van der Waals surface area contributed by atoms with Crippen LogP contribution in [0.5, 0.6) is 5.75 Å². The second-order valence-corrected chi connectivity index (χ2v) is 9.06. The van der Waals surface area contributed by atoms with Gasteiger partial charge in [0.1, 0.15) is 11.6 Å². The number of pyridine rings is 1. The number of fused-ring (bicyclic) bond motifs is 2. The zero-order chi connectivity index (χ0) is 22.9. The number of nitrogens with one attached hydrogen (secondary N) is 2. The summed E-state index contributed by atoms with van der Waals surface area (Å²) in [6.07, 6.45) is 6.98. The molecule has 3 aliphatic rings. The van der Waals surface area contributed by atoms with Crippen molar-refractivity contribution in [3.63, 3.8) is 0 Å². The number of Topliss-reactive ketones (excluding diaryl/α,β-unsaturated/α-hetero) is 1. The molecule has 2 aromatic rings. The van der Waals surface area contributed by atoms with Crippen LogP contribution in [0, 0.1) is 5.92 Å². The highest BCUT2D eigenvalue weighted by Crippen LogP contribution is 2.32. The summed E-state index contributed by atoms with van der Waals surface area (Å²) in [7, 11) is 0. The molecule has 3 amide bonds. The van der Waals surface area contributed by atoms with Crippen LogP contribution in [0.15, 0.2) is 30.5 Å². The number of ketones is 1. The summed E-state index contributed by atoms with van der Waals surface area (Å²) in [5, 5.41) is 5.70. The van der Waals surface area contributed by atoms with Crippen LogP contribution < -0.4 is 15.4 Å². The molecule has 1 unspecified atom stereocenters. The summed E-state index contributed by atoms with van der Waals surface area (Å²) in [6.45, 7) is 2.70. The maximum Gasteiger partial charge on any atom is 0.323 e. The van der Waals surface area contributed by atoms with Gasteiger partial charge in [-0.2, -0.15) is 0 Å². The van der Waals surface area contributed by atoms with Gasteiger partial charge in [0.25, 0.3) is 5.91 Å². The summed E-state index contributed by atoms with van der Waals surface area (Å²) >= 11 is 0. The Morgan fingerprint density at radius 2 is 1.88 bits per heavy atom. The number of likely N-dealkylation sites (tertiary alicyclic amines) is 1. The molecule has 0 saturated carbocycles. The van der Waals surface area contributed by atoms with Crippen molar-refractivity contribution < 1.29 is 19.1 Å². The van der Waals surface area contributed by atoms with E-state index in [1.165, 1.54) is 24.0 Å². The number of rotatable bonds is 3. The number of ether oxygens (including phenoxy) is 1. The number of nitrogens with zero attached hydrogens (tertiary/aromatic N) is 2. The highest BCUT2D eigenvalue weighted by Gasteiger charge is 2.30. The van der Waals surface area contributed by atoms with E-state index in [1.807, 2.05) is 12.3 Å². The molecule has 172 valence electrons. The second kappa shape index (κ2) is 8.84. The van der Waals surface area contributed by atoms with E-state index in [0.717, 1.165) is 12.8 Å². The van der Waals surface area contributed by atoms with Gasteiger partial charge in [-0.25, -0.2) is 9.78 Å². The van der Waals surface area contributed by atoms with Crippen molar-refractivity contribution in [1.82, 2.24) is 9.88 Å². The van der Waals surface area contributed by atoms with E-state index in [0.29, 0.717) is 48.7 Å². The molecule has 1 saturated heterocycles. The summed E-state index contributed by atoms with van der Waals surface area (Å²) in [5.41, 5.74) is 3.63. The van der Waals surface area contributed by atoms with Crippen molar-refractivity contribution in [2.75, 3.05) is 23.7 Å². The van der Waals surface area contributed by atoms with Gasteiger partial charge in [-0.3, -0.25) is 14.9 Å². The summed E-state index contributed by atoms with van der Waals surface area (Å²) in [6, 6.07) is 6.97. The minimum absolute atomic E-state index is 0.0297. The molecule has 5 rings (SSSR count). The summed E-state index contributed by atoms with van der Waals surface area (Å²) < 4.78 is 5.56. The summed E-state index contributed by atoms with van der Waals surface area (Å²) in [5.74, 6) is 0.808. The van der Waals surface area contributed by atoms with Crippen LogP contribution in [-0.2, 0) is 17.6 Å². The fourth-order valence-electron chi connectivity index (χ4n) is 4.81. The molecule has 1 fully saturated rings. The SMILES string of the molecule is CC1Oc2ccc(C(=O)C3CCN(C(=O)Nc4cc5c(cn4)CCCC5)CC3)cc2NC1=O. The first-order valence-electron chi connectivity index (χ1n) is 11.7. The number of hydrogen-bond acceptors (Lipinski definition) is 5. The zero-order valence-corrected chi connectivity index (χ0v) is 18.7. The molecule has 8 heteroatoms. The summed E-state index contributed by atoms with van der Waals surface area (Å²) in [4.78, 5) is 43.8.